The lowest BCUT2D eigenvalue weighted by Gasteiger charge is -2.34. The maximum absolute atomic E-state index is 13.6. The van der Waals surface area contributed by atoms with Gasteiger partial charge in [-0.1, -0.05) is 38.1 Å². The van der Waals surface area contributed by atoms with Crippen molar-refractivity contribution in [1.29, 1.82) is 0 Å². The van der Waals surface area contributed by atoms with Crippen LogP contribution in [-0.4, -0.2) is 34.2 Å². The number of anilines is 1. The molecule has 0 radical (unpaired) electrons. The van der Waals surface area contributed by atoms with Gasteiger partial charge in [-0.25, -0.2) is 4.90 Å². The van der Waals surface area contributed by atoms with E-state index in [9.17, 15) is 24.3 Å². The number of aryl methyl sites for hydroxylation is 1. The monoisotopic (exact) mass is 434 g/mol. The van der Waals surface area contributed by atoms with Crippen LogP contribution in [0.15, 0.2) is 48.5 Å². The summed E-state index contributed by atoms with van der Waals surface area (Å²) in [5.41, 5.74) is 0.943. The summed E-state index contributed by atoms with van der Waals surface area (Å²) in [6, 6.07) is 13.1. The van der Waals surface area contributed by atoms with Gasteiger partial charge in [-0.3, -0.25) is 24.5 Å². The molecule has 0 aliphatic carbocycles. The number of imide groups is 1. The first-order chi connectivity index (χ1) is 15.1. The number of hydrogen-bond acceptors (Lipinski definition) is 5. The van der Waals surface area contributed by atoms with Crippen LogP contribution in [0, 0.1) is 24.7 Å². The Bertz CT molecular complexity index is 1120. The van der Waals surface area contributed by atoms with Crippen LogP contribution >= 0.6 is 0 Å². The molecule has 166 valence electrons. The summed E-state index contributed by atoms with van der Waals surface area (Å²) in [7, 11) is 0. The maximum Gasteiger partial charge on any atom is 0.325 e. The second-order valence-electron chi connectivity index (χ2n) is 8.93. The molecule has 2 heterocycles. The molecule has 2 amide bonds. The van der Waals surface area contributed by atoms with Crippen LogP contribution in [0.4, 0.5) is 5.69 Å². The quantitative estimate of drug-likeness (QED) is 0.554. The van der Waals surface area contributed by atoms with Gasteiger partial charge < -0.3 is 5.11 Å². The summed E-state index contributed by atoms with van der Waals surface area (Å²) in [5.74, 6) is -4.58. The Hall–Kier alpha value is -3.32. The largest absolute Gasteiger partial charge is 0.480 e. The molecule has 4 unspecified atom stereocenters. The third-order valence-corrected chi connectivity index (χ3v) is 6.92. The molecule has 7 nitrogen and oxygen atoms in total. The maximum atomic E-state index is 13.6. The van der Waals surface area contributed by atoms with E-state index in [-0.39, 0.29) is 5.78 Å². The molecule has 4 atom stereocenters. The molecule has 7 heteroatoms. The van der Waals surface area contributed by atoms with Crippen molar-refractivity contribution in [2.45, 2.75) is 39.3 Å². The van der Waals surface area contributed by atoms with Gasteiger partial charge in [-0.15, -0.1) is 0 Å². The molecule has 0 aromatic heterocycles. The number of carbonyl (C=O) groups excluding carboxylic acids is 3. The lowest BCUT2D eigenvalue weighted by molar-refractivity contribution is -0.151. The fraction of sp³-hybridized carbons (Fsp3) is 0.360. The van der Waals surface area contributed by atoms with Gasteiger partial charge in [0, 0.05) is 11.6 Å². The molecule has 2 aromatic carbocycles. The van der Waals surface area contributed by atoms with Gasteiger partial charge in [0.2, 0.25) is 11.8 Å². The van der Waals surface area contributed by atoms with E-state index in [1.54, 1.807) is 38.1 Å². The SMILES string of the molecule is CC(=O)c1ccc(N2C(=O)C3C(c4ccccc4C)NC(C(=O)O)(C(C)C)C3C2=O)cc1. The van der Waals surface area contributed by atoms with Crippen LogP contribution in [0.1, 0.15) is 48.3 Å². The number of benzene rings is 2. The van der Waals surface area contributed by atoms with Gasteiger partial charge in [-0.05, 0) is 55.2 Å². The van der Waals surface area contributed by atoms with Crippen molar-refractivity contribution in [2.75, 3.05) is 4.90 Å². The fourth-order valence-electron chi connectivity index (χ4n) is 5.22. The molecule has 0 saturated carbocycles. The van der Waals surface area contributed by atoms with Crippen molar-refractivity contribution < 1.29 is 24.3 Å². The third-order valence-electron chi connectivity index (χ3n) is 6.92. The van der Waals surface area contributed by atoms with Crippen molar-refractivity contribution in [3.05, 3.63) is 65.2 Å². The molecule has 2 aromatic rings. The highest BCUT2D eigenvalue weighted by atomic mass is 16.4. The number of nitrogens with zero attached hydrogens (tertiary/aromatic N) is 1. The fourth-order valence-corrected chi connectivity index (χ4v) is 5.22. The minimum atomic E-state index is -1.58. The first-order valence-electron chi connectivity index (χ1n) is 10.7. The Morgan fingerprint density at radius 1 is 1.03 bits per heavy atom. The number of carboxylic acids is 1. The van der Waals surface area contributed by atoms with E-state index in [0.29, 0.717) is 11.3 Å². The van der Waals surface area contributed by atoms with Crippen molar-refractivity contribution >= 4 is 29.3 Å². The van der Waals surface area contributed by atoms with Gasteiger partial charge in [-0.2, -0.15) is 0 Å². The van der Waals surface area contributed by atoms with Gasteiger partial charge in [0.25, 0.3) is 0 Å². The topological polar surface area (TPSA) is 104 Å². The smallest absolute Gasteiger partial charge is 0.325 e. The summed E-state index contributed by atoms with van der Waals surface area (Å²) >= 11 is 0. The molecule has 0 spiro atoms. The average Bonchev–Trinajstić information content (AvgIpc) is 3.23. The van der Waals surface area contributed by atoms with Crippen LogP contribution in [0.3, 0.4) is 0 Å². The van der Waals surface area contributed by atoms with E-state index in [4.69, 9.17) is 0 Å². The molecule has 2 fully saturated rings. The number of carbonyl (C=O) groups is 4. The molecule has 32 heavy (non-hydrogen) atoms. The zero-order chi connectivity index (χ0) is 23.4. The van der Waals surface area contributed by atoms with Crippen LogP contribution in [0.5, 0.6) is 0 Å². The van der Waals surface area contributed by atoms with E-state index in [2.05, 4.69) is 5.32 Å². The lowest BCUT2D eigenvalue weighted by Crippen LogP contribution is -2.59. The predicted octanol–water partition coefficient (Wildman–Crippen LogP) is 3.13. The molecular formula is C25H26N2O5. The lowest BCUT2D eigenvalue weighted by atomic mass is 9.73. The van der Waals surface area contributed by atoms with Crippen molar-refractivity contribution in [2.24, 2.45) is 17.8 Å². The Balaban J connectivity index is 1.86. The molecule has 2 aliphatic rings. The normalized spacial score (nSPS) is 27.2. The number of rotatable bonds is 5. The summed E-state index contributed by atoms with van der Waals surface area (Å²) in [6.45, 7) is 6.84. The first-order valence-corrected chi connectivity index (χ1v) is 10.7. The third kappa shape index (κ3) is 2.99. The highest BCUT2D eigenvalue weighted by Gasteiger charge is 2.69. The molecule has 0 bridgehead atoms. The Morgan fingerprint density at radius 2 is 1.66 bits per heavy atom. The van der Waals surface area contributed by atoms with Crippen LogP contribution in [-0.2, 0) is 14.4 Å². The number of fused-ring (bicyclic) bond motifs is 1. The van der Waals surface area contributed by atoms with E-state index < -0.39 is 47.1 Å². The zero-order valence-electron chi connectivity index (χ0n) is 18.5. The number of aliphatic carboxylic acids is 1. The van der Waals surface area contributed by atoms with Gasteiger partial charge in [0.1, 0.15) is 5.54 Å². The van der Waals surface area contributed by atoms with Crippen LogP contribution < -0.4 is 10.2 Å². The van der Waals surface area contributed by atoms with Crippen LogP contribution in [0.2, 0.25) is 0 Å². The second-order valence-corrected chi connectivity index (χ2v) is 8.93. The number of amides is 2. The Labute approximate surface area is 186 Å². The molecule has 2 saturated heterocycles. The molecular weight excluding hydrogens is 408 g/mol. The number of carboxylic acid groups (broad SMARTS) is 1. The zero-order valence-corrected chi connectivity index (χ0v) is 18.5. The first kappa shape index (κ1) is 21.9. The summed E-state index contributed by atoms with van der Waals surface area (Å²) in [4.78, 5) is 52.6. The number of ketones is 1. The van der Waals surface area contributed by atoms with Gasteiger partial charge in [0.05, 0.1) is 17.5 Å². The summed E-state index contributed by atoms with van der Waals surface area (Å²) in [5, 5.41) is 13.5. The van der Waals surface area contributed by atoms with Gasteiger partial charge >= 0.3 is 5.97 Å². The number of Topliss-reactive ketones (excluding diaryl/α,β-unsaturated/α-hetero) is 1. The highest BCUT2D eigenvalue weighted by Crippen LogP contribution is 2.52. The average molecular weight is 434 g/mol. The van der Waals surface area contributed by atoms with Crippen LogP contribution in [0.25, 0.3) is 0 Å². The van der Waals surface area contributed by atoms with E-state index >= 15 is 0 Å². The Morgan fingerprint density at radius 3 is 2.19 bits per heavy atom. The van der Waals surface area contributed by atoms with Crippen molar-refractivity contribution in [1.82, 2.24) is 5.32 Å². The standard InChI is InChI=1S/C25H26N2O5/c1-13(2)25(24(31)32)20-19(21(26-25)18-8-6-5-7-14(18)3)22(29)27(23(20)30)17-11-9-16(10-12-17)15(4)28/h5-13,19-21,26H,1-4H3,(H,31,32). The van der Waals surface area contributed by atoms with E-state index in [1.165, 1.54) is 6.92 Å². The number of nitrogens with one attached hydrogen (secondary N) is 1. The molecule has 2 aliphatic heterocycles. The van der Waals surface area contributed by atoms with Gasteiger partial charge in [0.15, 0.2) is 5.78 Å². The second kappa shape index (κ2) is 7.67. The molecule has 4 rings (SSSR count). The minimum Gasteiger partial charge on any atom is -0.480 e. The van der Waals surface area contributed by atoms with E-state index in [1.807, 2.05) is 31.2 Å². The van der Waals surface area contributed by atoms with E-state index in [0.717, 1.165) is 16.0 Å². The predicted molar refractivity (Wildman–Crippen MR) is 118 cm³/mol. The Kier molecular flexibility index (Phi) is 5.25. The minimum absolute atomic E-state index is 0.124. The number of hydrogen-bond donors (Lipinski definition) is 2. The summed E-state index contributed by atoms with van der Waals surface area (Å²) < 4.78 is 0. The summed E-state index contributed by atoms with van der Waals surface area (Å²) in [6.07, 6.45) is 0. The van der Waals surface area contributed by atoms with Crippen molar-refractivity contribution in [3.63, 3.8) is 0 Å². The highest BCUT2D eigenvalue weighted by molar-refractivity contribution is 6.24. The molecule has 2 N–H and O–H groups in total. The van der Waals surface area contributed by atoms with Crippen molar-refractivity contribution in [3.8, 4) is 0 Å².